The van der Waals surface area contributed by atoms with Gasteiger partial charge in [-0.05, 0) is 36.6 Å². The molecule has 1 N–H and O–H groups in total. The van der Waals surface area contributed by atoms with E-state index in [0.717, 1.165) is 0 Å². The lowest BCUT2D eigenvalue weighted by atomic mass is 10.3. The fraction of sp³-hybridized carbons (Fsp3) is 0.143. The van der Waals surface area contributed by atoms with Crippen LogP contribution in [0.1, 0.15) is 16.6 Å². The van der Waals surface area contributed by atoms with Crippen LogP contribution in [0.3, 0.4) is 0 Å². The summed E-state index contributed by atoms with van der Waals surface area (Å²) in [5.41, 5.74) is 0.441. The van der Waals surface area contributed by atoms with Gasteiger partial charge < -0.3 is 10.1 Å². The maximum absolute atomic E-state index is 12.0. The quantitative estimate of drug-likeness (QED) is 0.844. The van der Waals surface area contributed by atoms with E-state index < -0.39 is 18.0 Å². The molecular weight excluding hydrogens is 333 g/mol. The molecule has 0 bridgehead atoms. The van der Waals surface area contributed by atoms with Crippen LogP contribution in [0, 0.1) is 0 Å². The van der Waals surface area contributed by atoms with Crippen LogP contribution in [0.2, 0.25) is 10.0 Å². The molecule has 0 saturated heterocycles. The topological polar surface area (TPSA) is 55.4 Å². The lowest BCUT2D eigenvalue weighted by Gasteiger charge is -2.13. The van der Waals surface area contributed by atoms with Crippen LogP contribution in [-0.2, 0) is 9.53 Å². The van der Waals surface area contributed by atoms with Gasteiger partial charge in [0.05, 0.1) is 0 Å². The Morgan fingerprint density at radius 1 is 1.24 bits per heavy atom. The van der Waals surface area contributed by atoms with E-state index in [2.05, 4.69) is 5.32 Å². The van der Waals surface area contributed by atoms with Crippen LogP contribution in [0.4, 0.5) is 5.69 Å². The third kappa shape index (κ3) is 4.46. The Kier molecular flexibility index (Phi) is 5.22. The number of rotatable bonds is 4. The van der Waals surface area contributed by atoms with Gasteiger partial charge in [0.2, 0.25) is 0 Å². The molecule has 0 fully saturated rings. The Morgan fingerprint density at radius 3 is 2.48 bits per heavy atom. The molecule has 0 unspecified atom stereocenters. The minimum absolute atomic E-state index is 0.404. The fourth-order valence-electron chi connectivity index (χ4n) is 1.54. The van der Waals surface area contributed by atoms with Gasteiger partial charge in [-0.2, -0.15) is 0 Å². The van der Waals surface area contributed by atoms with Gasteiger partial charge in [-0.3, -0.25) is 4.79 Å². The van der Waals surface area contributed by atoms with E-state index >= 15 is 0 Å². The first-order valence-corrected chi connectivity index (χ1v) is 7.60. The van der Waals surface area contributed by atoms with Gasteiger partial charge in [-0.25, -0.2) is 4.79 Å². The first kappa shape index (κ1) is 15.8. The molecular formula is C14H11Cl2NO3S. The number of carbonyl (C=O) groups is 2. The van der Waals surface area contributed by atoms with Crippen molar-refractivity contribution < 1.29 is 14.3 Å². The standard InChI is InChI=1S/C14H11Cl2NO3S/c1-8(20-14(19)12-3-2-4-21-12)13(18)17-11-6-9(15)5-10(16)7-11/h2-8H,1H3,(H,17,18)/t8-/m0/s1. The van der Waals surface area contributed by atoms with Gasteiger partial charge in [0.1, 0.15) is 4.88 Å². The first-order valence-electron chi connectivity index (χ1n) is 5.97. The van der Waals surface area contributed by atoms with Crippen LogP contribution >= 0.6 is 34.5 Å². The van der Waals surface area contributed by atoms with Gasteiger partial charge in [0.25, 0.3) is 5.91 Å². The van der Waals surface area contributed by atoms with Gasteiger partial charge in [-0.1, -0.05) is 29.3 Å². The highest BCUT2D eigenvalue weighted by Gasteiger charge is 2.19. The molecule has 1 amide bonds. The summed E-state index contributed by atoms with van der Waals surface area (Å²) in [6, 6.07) is 8.03. The number of anilines is 1. The second kappa shape index (κ2) is 6.93. The summed E-state index contributed by atoms with van der Waals surface area (Å²) < 4.78 is 5.08. The van der Waals surface area contributed by atoms with Gasteiger partial charge in [-0.15, -0.1) is 11.3 Å². The number of carbonyl (C=O) groups excluding carboxylic acids is 2. The number of hydrogen-bond acceptors (Lipinski definition) is 4. The smallest absolute Gasteiger partial charge is 0.349 e. The average molecular weight is 344 g/mol. The van der Waals surface area contributed by atoms with Crippen molar-refractivity contribution in [3.63, 3.8) is 0 Å². The molecule has 1 atom stereocenters. The van der Waals surface area contributed by atoms with Crippen molar-refractivity contribution in [2.75, 3.05) is 5.32 Å². The highest BCUT2D eigenvalue weighted by Crippen LogP contribution is 2.22. The number of thiophene rings is 1. The Balaban J connectivity index is 1.98. The predicted octanol–water partition coefficient (Wildman–Crippen LogP) is 4.24. The second-order valence-electron chi connectivity index (χ2n) is 4.17. The summed E-state index contributed by atoms with van der Waals surface area (Å²) in [6.45, 7) is 1.49. The predicted molar refractivity (Wildman–Crippen MR) is 84.3 cm³/mol. The molecule has 0 aliphatic rings. The van der Waals surface area contributed by atoms with E-state index in [-0.39, 0.29) is 0 Å². The third-order valence-corrected chi connectivity index (χ3v) is 3.79. The second-order valence-corrected chi connectivity index (χ2v) is 5.99. The summed E-state index contributed by atoms with van der Waals surface area (Å²) in [7, 11) is 0. The van der Waals surface area contributed by atoms with Gasteiger partial charge in [0, 0.05) is 15.7 Å². The lowest BCUT2D eigenvalue weighted by molar-refractivity contribution is -0.123. The number of esters is 1. The summed E-state index contributed by atoms with van der Waals surface area (Å²) in [4.78, 5) is 24.2. The maximum Gasteiger partial charge on any atom is 0.349 e. The van der Waals surface area contributed by atoms with E-state index in [1.54, 1.807) is 35.7 Å². The zero-order valence-electron chi connectivity index (χ0n) is 10.9. The molecule has 0 spiro atoms. The molecule has 2 rings (SSSR count). The largest absolute Gasteiger partial charge is 0.448 e. The highest BCUT2D eigenvalue weighted by atomic mass is 35.5. The molecule has 1 aromatic carbocycles. The molecule has 0 aliphatic heterocycles. The molecule has 110 valence electrons. The van der Waals surface area contributed by atoms with Crippen molar-refractivity contribution in [2.24, 2.45) is 0 Å². The molecule has 1 heterocycles. The Bertz CT molecular complexity index is 638. The zero-order valence-corrected chi connectivity index (χ0v) is 13.3. The number of nitrogens with one attached hydrogen (secondary N) is 1. The van der Waals surface area contributed by atoms with Crippen molar-refractivity contribution in [3.05, 3.63) is 50.6 Å². The summed E-state index contributed by atoms with van der Waals surface area (Å²) in [5.74, 6) is -0.991. The van der Waals surface area contributed by atoms with Crippen LogP contribution in [0.15, 0.2) is 35.7 Å². The number of hydrogen-bond donors (Lipinski definition) is 1. The SMILES string of the molecule is C[C@H](OC(=O)c1cccs1)C(=O)Nc1cc(Cl)cc(Cl)c1. The van der Waals surface area contributed by atoms with E-state index in [1.165, 1.54) is 18.3 Å². The number of benzene rings is 1. The van der Waals surface area contributed by atoms with Crippen molar-refractivity contribution >= 4 is 52.1 Å². The Hall–Kier alpha value is -1.56. The summed E-state index contributed by atoms with van der Waals surface area (Å²) in [5, 5.41) is 5.16. The van der Waals surface area contributed by atoms with Crippen LogP contribution in [0.5, 0.6) is 0 Å². The molecule has 4 nitrogen and oxygen atoms in total. The molecule has 7 heteroatoms. The van der Waals surface area contributed by atoms with Crippen molar-refractivity contribution in [3.8, 4) is 0 Å². The van der Waals surface area contributed by atoms with Gasteiger partial charge in [0.15, 0.2) is 6.10 Å². The molecule has 0 aliphatic carbocycles. The molecule has 0 radical (unpaired) electrons. The zero-order chi connectivity index (χ0) is 15.4. The van der Waals surface area contributed by atoms with Crippen LogP contribution in [-0.4, -0.2) is 18.0 Å². The maximum atomic E-state index is 12.0. The molecule has 1 aromatic heterocycles. The minimum Gasteiger partial charge on any atom is -0.448 e. The first-order chi connectivity index (χ1) is 9.95. The van der Waals surface area contributed by atoms with Crippen molar-refractivity contribution in [2.45, 2.75) is 13.0 Å². The number of halogens is 2. The van der Waals surface area contributed by atoms with Crippen molar-refractivity contribution in [1.82, 2.24) is 0 Å². The Labute approximate surface area is 135 Å². The van der Waals surface area contributed by atoms with Crippen LogP contribution in [0.25, 0.3) is 0 Å². The van der Waals surface area contributed by atoms with Crippen LogP contribution < -0.4 is 5.32 Å². The molecule has 21 heavy (non-hydrogen) atoms. The number of amides is 1. The Morgan fingerprint density at radius 2 is 1.90 bits per heavy atom. The van der Waals surface area contributed by atoms with E-state index in [1.807, 2.05) is 0 Å². The average Bonchev–Trinajstić information content (AvgIpc) is 2.91. The monoisotopic (exact) mass is 343 g/mol. The highest BCUT2D eigenvalue weighted by molar-refractivity contribution is 7.11. The van der Waals surface area contributed by atoms with E-state index in [4.69, 9.17) is 27.9 Å². The third-order valence-electron chi connectivity index (χ3n) is 2.51. The molecule has 0 saturated carbocycles. The van der Waals surface area contributed by atoms with E-state index in [0.29, 0.717) is 20.6 Å². The molecule has 2 aromatic rings. The van der Waals surface area contributed by atoms with E-state index in [9.17, 15) is 9.59 Å². The normalized spacial score (nSPS) is 11.8. The van der Waals surface area contributed by atoms with Crippen molar-refractivity contribution in [1.29, 1.82) is 0 Å². The fourth-order valence-corrected chi connectivity index (χ4v) is 2.67. The summed E-state index contributed by atoms with van der Waals surface area (Å²) in [6.07, 6.45) is -0.933. The van der Waals surface area contributed by atoms with Gasteiger partial charge >= 0.3 is 5.97 Å². The summed E-state index contributed by atoms with van der Waals surface area (Å²) >= 11 is 12.9. The number of ether oxygens (including phenoxy) is 1. The minimum atomic E-state index is -0.933. The lowest BCUT2D eigenvalue weighted by Crippen LogP contribution is -2.29.